The van der Waals surface area contributed by atoms with Gasteiger partial charge < -0.3 is 0 Å². The van der Waals surface area contributed by atoms with E-state index in [4.69, 9.17) is 0 Å². The summed E-state index contributed by atoms with van der Waals surface area (Å²) in [6.07, 6.45) is 1.24. The molecule has 0 aromatic carbocycles. The first-order valence-corrected chi connectivity index (χ1v) is 4.30. The van der Waals surface area contributed by atoms with Gasteiger partial charge in [0.2, 0.25) is 0 Å². The molecule has 0 N–H and O–H groups in total. The Hall–Kier alpha value is -0.000519. The second kappa shape index (κ2) is 2.34. The third-order valence-corrected chi connectivity index (χ3v) is 3.07. The molecule has 0 aliphatic rings. The predicted octanol–water partition coefficient (Wildman–Crippen LogP) is 1.31. The Morgan fingerprint density at radius 3 is 2.86 bits per heavy atom. The molecule has 0 fully saturated rings. The Morgan fingerprint density at radius 2 is 2.57 bits per heavy atom. The van der Waals surface area contributed by atoms with Crippen molar-refractivity contribution in [3.05, 3.63) is 21.5 Å². The minimum absolute atomic E-state index is 0.717. The fraction of sp³-hybridized carbons (Fsp3) is 0.333. The van der Waals surface area contributed by atoms with E-state index in [1.54, 1.807) is 4.44 Å². The van der Waals surface area contributed by atoms with Gasteiger partial charge in [-0.15, -0.1) is 0 Å². The van der Waals surface area contributed by atoms with Gasteiger partial charge in [0.05, 0.1) is 0 Å². The molecule has 0 spiro atoms. The molecule has 0 aliphatic carbocycles. The summed E-state index contributed by atoms with van der Waals surface area (Å²) in [5.41, 5.74) is 0. The molecule has 0 atom stereocenters. The normalized spacial score (nSPS) is 9.29. The first-order valence-electron chi connectivity index (χ1n) is 2.46. The second-order valence-electron chi connectivity index (χ2n) is 1.43. The van der Waals surface area contributed by atoms with Crippen LogP contribution >= 0.6 is 0 Å². The van der Waals surface area contributed by atoms with Crippen LogP contribution in [0.15, 0.2) is 17.1 Å². The number of aryl methyl sites for hydroxylation is 1. The Balaban J connectivity index is 2.76. The quantitative estimate of drug-likeness (QED) is 0.542. The van der Waals surface area contributed by atoms with Crippen molar-refractivity contribution in [1.82, 2.24) is 0 Å². The minimum atomic E-state index is 0.717. The van der Waals surface area contributed by atoms with E-state index in [0.717, 1.165) is 14.5 Å². The van der Waals surface area contributed by atoms with Crippen molar-refractivity contribution < 1.29 is 0 Å². The van der Waals surface area contributed by atoms with Crippen molar-refractivity contribution in [3.63, 3.8) is 0 Å². The zero-order valence-electron chi connectivity index (χ0n) is 4.35. The molecular formula is C6H8Se. The average molecular weight is 159 g/mol. The van der Waals surface area contributed by atoms with Crippen molar-refractivity contribution in [2.24, 2.45) is 0 Å². The molecule has 0 amide bonds. The molecule has 0 bridgehead atoms. The zero-order valence-corrected chi connectivity index (χ0v) is 6.06. The maximum atomic E-state index is 2.26. The van der Waals surface area contributed by atoms with E-state index in [1.165, 1.54) is 6.42 Å². The van der Waals surface area contributed by atoms with Gasteiger partial charge in [-0.3, -0.25) is 0 Å². The van der Waals surface area contributed by atoms with E-state index in [0.29, 0.717) is 0 Å². The van der Waals surface area contributed by atoms with E-state index in [-0.39, 0.29) is 0 Å². The van der Waals surface area contributed by atoms with Crippen LogP contribution in [-0.2, 0) is 6.42 Å². The monoisotopic (exact) mass is 160 g/mol. The molecule has 38 valence electrons. The van der Waals surface area contributed by atoms with Gasteiger partial charge >= 0.3 is 49.4 Å². The van der Waals surface area contributed by atoms with E-state index in [9.17, 15) is 0 Å². The molecule has 1 heterocycles. The van der Waals surface area contributed by atoms with Crippen LogP contribution in [0.5, 0.6) is 0 Å². The summed E-state index contributed by atoms with van der Waals surface area (Å²) in [6.45, 7) is 2.21. The topological polar surface area (TPSA) is 0 Å². The molecule has 0 nitrogen and oxygen atoms in total. The van der Waals surface area contributed by atoms with Crippen LogP contribution in [0.25, 0.3) is 0 Å². The van der Waals surface area contributed by atoms with Crippen LogP contribution in [0, 0.1) is 0 Å². The summed E-state index contributed by atoms with van der Waals surface area (Å²) >= 11 is 0.717. The van der Waals surface area contributed by atoms with Gasteiger partial charge in [-0.05, 0) is 0 Å². The summed E-state index contributed by atoms with van der Waals surface area (Å²) in [7, 11) is 0. The molecule has 0 radical (unpaired) electrons. The number of hydrogen-bond donors (Lipinski definition) is 0. The molecule has 7 heavy (non-hydrogen) atoms. The number of rotatable bonds is 1. The fourth-order valence-corrected chi connectivity index (χ4v) is 1.89. The van der Waals surface area contributed by atoms with Crippen LogP contribution in [0.3, 0.4) is 0 Å². The maximum absolute atomic E-state index is 2.26. The van der Waals surface area contributed by atoms with E-state index < -0.39 is 0 Å². The van der Waals surface area contributed by atoms with Crippen molar-refractivity contribution in [1.29, 1.82) is 0 Å². The van der Waals surface area contributed by atoms with Crippen LogP contribution in [-0.4, -0.2) is 14.5 Å². The molecule has 0 unspecified atom stereocenters. The van der Waals surface area contributed by atoms with Gasteiger partial charge in [0.15, 0.2) is 0 Å². The van der Waals surface area contributed by atoms with Gasteiger partial charge in [0, 0.05) is 0 Å². The molecule has 0 saturated heterocycles. The third kappa shape index (κ3) is 1.18. The summed E-state index contributed by atoms with van der Waals surface area (Å²) in [4.78, 5) is 2.26. The van der Waals surface area contributed by atoms with Gasteiger partial charge in [0.25, 0.3) is 0 Å². The molecule has 1 aromatic heterocycles. The van der Waals surface area contributed by atoms with Crippen LogP contribution in [0.1, 0.15) is 11.4 Å². The Kier molecular flexibility index (Phi) is 1.72. The van der Waals surface area contributed by atoms with Crippen LogP contribution in [0.2, 0.25) is 0 Å². The first-order chi connectivity index (χ1) is 3.43. The van der Waals surface area contributed by atoms with E-state index >= 15 is 0 Å². The van der Waals surface area contributed by atoms with Gasteiger partial charge in [-0.25, -0.2) is 0 Å². The Morgan fingerprint density at radius 1 is 1.71 bits per heavy atom. The SMILES string of the molecule is CCc1ccc[se]1. The van der Waals surface area contributed by atoms with Crippen molar-refractivity contribution in [2.45, 2.75) is 13.3 Å². The summed E-state index contributed by atoms with van der Waals surface area (Å²) in [5, 5.41) is 0. The summed E-state index contributed by atoms with van der Waals surface area (Å²) in [5.74, 6) is 0. The standard InChI is InChI=1S/C6H8Se/c1-2-6-4-3-5-7-6/h3-5H,2H2,1H3. The van der Waals surface area contributed by atoms with Gasteiger partial charge in [-0.2, -0.15) is 0 Å². The molecule has 1 aromatic rings. The van der Waals surface area contributed by atoms with Crippen LogP contribution in [0.4, 0.5) is 0 Å². The summed E-state index contributed by atoms with van der Waals surface area (Å²) < 4.78 is 1.62. The first kappa shape index (κ1) is 5.14. The van der Waals surface area contributed by atoms with Crippen LogP contribution < -0.4 is 0 Å². The van der Waals surface area contributed by atoms with Gasteiger partial charge in [-0.1, -0.05) is 0 Å². The molecule has 0 saturated carbocycles. The van der Waals surface area contributed by atoms with E-state index in [1.807, 2.05) is 0 Å². The van der Waals surface area contributed by atoms with Crippen molar-refractivity contribution in [2.75, 3.05) is 0 Å². The van der Waals surface area contributed by atoms with Gasteiger partial charge in [0.1, 0.15) is 0 Å². The average Bonchev–Trinajstić information content (AvgIpc) is 2.14. The fourth-order valence-electron chi connectivity index (χ4n) is 0.514. The predicted molar refractivity (Wildman–Crippen MR) is 32.8 cm³/mol. The zero-order chi connectivity index (χ0) is 5.11. The van der Waals surface area contributed by atoms with Crippen molar-refractivity contribution in [3.8, 4) is 0 Å². The number of hydrogen-bond acceptors (Lipinski definition) is 0. The molecule has 0 aliphatic heterocycles. The second-order valence-corrected chi connectivity index (χ2v) is 3.60. The molecule has 1 rings (SSSR count). The molecular weight excluding hydrogens is 151 g/mol. The Bertz CT molecular complexity index is 119. The molecule has 1 heteroatoms. The van der Waals surface area contributed by atoms with Crippen molar-refractivity contribution >= 4 is 14.5 Å². The Labute approximate surface area is 49.9 Å². The summed E-state index contributed by atoms with van der Waals surface area (Å²) in [6, 6.07) is 4.37. The van der Waals surface area contributed by atoms with E-state index in [2.05, 4.69) is 24.0 Å². The third-order valence-electron chi connectivity index (χ3n) is 0.929.